The van der Waals surface area contributed by atoms with Gasteiger partial charge in [0.15, 0.2) is 5.96 Å². The topological polar surface area (TPSA) is 48.9 Å². The Labute approximate surface area is 169 Å². The van der Waals surface area contributed by atoms with E-state index in [-0.39, 0.29) is 24.0 Å². The maximum absolute atomic E-state index is 5.49. The highest BCUT2D eigenvalue weighted by molar-refractivity contribution is 14.0. The summed E-state index contributed by atoms with van der Waals surface area (Å²) in [4.78, 5) is 7.31. The molecule has 0 aromatic rings. The van der Waals surface area contributed by atoms with E-state index in [0.717, 1.165) is 44.6 Å². The first-order chi connectivity index (χ1) is 11.3. The zero-order chi connectivity index (χ0) is 16.3. The van der Waals surface area contributed by atoms with Gasteiger partial charge in [-0.3, -0.25) is 4.99 Å². The molecule has 1 atom stereocenters. The predicted molar refractivity (Wildman–Crippen MR) is 116 cm³/mol. The number of hydrogen-bond donors (Lipinski definition) is 2. The first-order valence-corrected chi connectivity index (χ1v) is 10.5. The quantitative estimate of drug-likeness (QED) is 0.247. The molecule has 2 N–H and O–H groups in total. The lowest BCUT2D eigenvalue weighted by atomic mass is 10.0. The Bertz CT molecular complexity index is 345. The molecule has 0 saturated carbocycles. The summed E-state index contributed by atoms with van der Waals surface area (Å²) in [6.45, 7) is 9.50. The number of ether oxygens (including phenoxy) is 1. The molecular weight excluding hydrogens is 435 g/mol. The third-order valence-electron chi connectivity index (χ3n) is 4.59. The normalized spacial score (nSPS) is 23.1. The lowest BCUT2D eigenvalue weighted by Crippen LogP contribution is -2.49. The summed E-state index contributed by atoms with van der Waals surface area (Å²) in [5, 5.41) is 7.01. The number of halogens is 1. The summed E-state index contributed by atoms with van der Waals surface area (Å²) < 4.78 is 5.49. The van der Waals surface area contributed by atoms with Crippen molar-refractivity contribution in [1.82, 2.24) is 15.5 Å². The summed E-state index contributed by atoms with van der Waals surface area (Å²) in [5.41, 5.74) is 0. The number of nitrogens with zero attached hydrogens (tertiary/aromatic N) is 2. The van der Waals surface area contributed by atoms with Crippen LogP contribution in [0.3, 0.4) is 0 Å². The van der Waals surface area contributed by atoms with Crippen molar-refractivity contribution >= 4 is 41.7 Å². The molecule has 2 saturated heterocycles. The fourth-order valence-electron chi connectivity index (χ4n) is 3.27. The van der Waals surface area contributed by atoms with Gasteiger partial charge in [-0.15, -0.1) is 24.0 Å². The van der Waals surface area contributed by atoms with E-state index >= 15 is 0 Å². The molecule has 0 bridgehead atoms. The van der Waals surface area contributed by atoms with Gasteiger partial charge in [-0.1, -0.05) is 0 Å². The highest BCUT2D eigenvalue weighted by Gasteiger charge is 2.24. The van der Waals surface area contributed by atoms with Gasteiger partial charge in [-0.25, -0.2) is 0 Å². The first kappa shape index (κ1) is 22.3. The molecule has 0 radical (unpaired) electrons. The van der Waals surface area contributed by atoms with Crippen LogP contribution in [-0.2, 0) is 4.74 Å². The average molecular weight is 470 g/mol. The second kappa shape index (κ2) is 13.5. The summed E-state index contributed by atoms with van der Waals surface area (Å²) in [6, 6.07) is 0.560. The second-order valence-corrected chi connectivity index (χ2v) is 7.54. The van der Waals surface area contributed by atoms with E-state index in [4.69, 9.17) is 9.73 Å². The van der Waals surface area contributed by atoms with E-state index in [1.165, 1.54) is 44.6 Å². The van der Waals surface area contributed by atoms with Gasteiger partial charge in [0, 0.05) is 45.4 Å². The molecule has 24 heavy (non-hydrogen) atoms. The zero-order valence-corrected chi connectivity index (χ0v) is 18.4. The van der Waals surface area contributed by atoms with Crippen LogP contribution >= 0.6 is 35.7 Å². The number of guanidine groups is 1. The van der Waals surface area contributed by atoms with Crippen molar-refractivity contribution < 1.29 is 4.74 Å². The Hall–Kier alpha value is 0.270. The molecule has 0 amide bonds. The van der Waals surface area contributed by atoms with Crippen LogP contribution in [0.4, 0.5) is 0 Å². The Kier molecular flexibility index (Phi) is 12.5. The van der Waals surface area contributed by atoms with Crippen molar-refractivity contribution in [3.05, 3.63) is 0 Å². The number of rotatable bonds is 8. The fraction of sp³-hybridized carbons (Fsp3) is 0.941. The molecule has 7 heteroatoms. The lowest BCUT2D eigenvalue weighted by Gasteiger charge is -2.34. The van der Waals surface area contributed by atoms with Gasteiger partial charge in [0.25, 0.3) is 0 Å². The molecule has 0 aliphatic carbocycles. The maximum Gasteiger partial charge on any atom is 0.191 e. The molecule has 2 rings (SSSR count). The molecule has 2 aliphatic rings. The second-order valence-electron chi connectivity index (χ2n) is 6.56. The predicted octanol–water partition coefficient (Wildman–Crippen LogP) is 2.41. The molecule has 5 nitrogen and oxygen atoms in total. The zero-order valence-electron chi connectivity index (χ0n) is 15.3. The van der Waals surface area contributed by atoms with E-state index < -0.39 is 0 Å². The van der Waals surface area contributed by atoms with Crippen LogP contribution in [0.2, 0.25) is 0 Å². The van der Waals surface area contributed by atoms with Gasteiger partial charge >= 0.3 is 0 Å². The summed E-state index contributed by atoms with van der Waals surface area (Å²) >= 11 is 1.89. The third kappa shape index (κ3) is 8.58. The van der Waals surface area contributed by atoms with E-state index in [2.05, 4.69) is 28.7 Å². The van der Waals surface area contributed by atoms with Crippen LogP contribution in [0.25, 0.3) is 0 Å². The molecule has 1 unspecified atom stereocenters. The van der Waals surface area contributed by atoms with E-state index in [1.54, 1.807) is 0 Å². The first-order valence-electron chi connectivity index (χ1n) is 9.15. The van der Waals surface area contributed by atoms with Crippen LogP contribution in [0.15, 0.2) is 4.99 Å². The van der Waals surface area contributed by atoms with E-state index in [0.29, 0.717) is 6.04 Å². The van der Waals surface area contributed by atoms with Crippen molar-refractivity contribution in [2.24, 2.45) is 10.9 Å². The van der Waals surface area contributed by atoms with Gasteiger partial charge in [-0.2, -0.15) is 11.8 Å². The minimum atomic E-state index is 0. The number of hydrogen-bond acceptors (Lipinski definition) is 4. The van der Waals surface area contributed by atoms with Gasteiger partial charge in [-0.05, 0) is 50.5 Å². The molecular formula is C17H35IN4OS. The van der Waals surface area contributed by atoms with Crippen LogP contribution in [0, 0.1) is 5.92 Å². The highest BCUT2D eigenvalue weighted by atomic mass is 127. The number of nitrogens with one attached hydrogen (secondary N) is 2. The number of likely N-dealkylation sites (tertiary alicyclic amines) is 1. The lowest BCUT2D eigenvalue weighted by molar-refractivity contribution is 0.150. The van der Waals surface area contributed by atoms with Crippen molar-refractivity contribution in [1.29, 1.82) is 0 Å². The third-order valence-corrected chi connectivity index (χ3v) is 5.29. The van der Waals surface area contributed by atoms with Crippen molar-refractivity contribution in [3.8, 4) is 0 Å². The van der Waals surface area contributed by atoms with Gasteiger partial charge in [0.2, 0.25) is 0 Å². The Morgan fingerprint density at radius 1 is 1.29 bits per heavy atom. The minimum Gasteiger partial charge on any atom is -0.381 e. The molecule has 142 valence electrons. The largest absolute Gasteiger partial charge is 0.381 e. The molecule has 2 aliphatic heterocycles. The van der Waals surface area contributed by atoms with Crippen LogP contribution in [0.5, 0.6) is 0 Å². The summed E-state index contributed by atoms with van der Waals surface area (Å²) in [6.07, 6.45) is 6.97. The molecule has 2 heterocycles. The Balaban J connectivity index is 0.00000288. The number of aliphatic imine (C=N–C) groups is 1. The summed E-state index contributed by atoms with van der Waals surface area (Å²) in [5.74, 6) is 2.94. The Morgan fingerprint density at radius 2 is 2.08 bits per heavy atom. The monoisotopic (exact) mass is 470 g/mol. The smallest absolute Gasteiger partial charge is 0.191 e. The molecule has 0 spiro atoms. The van der Waals surface area contributed by atoms with Crippen LogP contribution < -0.4 is 10.6 Å². The van der Waals surface area contributed by atoms with Gasteiger partial charge in [0.1, 0.15) is 0 Å². The van der Waals surface area contributed by atoms with Crippen LogP contribution in [0.1, 0.15) is 32.6 Å². The Morgan fingerprint density at radius 3 is 2.71 bits per heavy atom. The van der Waals surface area contributed by atoms with E-state index in [9.17, 15) is 0 Å². The molecule has 2 fully saturated rings. The minimum absolute atomic E-state index is 0. The van der Waals surface area contributed by atoms with Crippen molar-refractivity contribution in [3.63, 3.8) is 0 Å². The van der Waals surface area contributed by atoms with E-state index in [1.807, 2.05) is 11.8 Å². The van der Waals surface area contributed by atoms with Gasteiger partial charge < -0.3 is 20.3 Å². The van der Waals surface area contributed by atoms with Crippen molar-refractivity contribution in [2.45, 2.75) is 38.6 Å². The number of piperidine rings is 1. The summed E-state index contributed by atoms with van der Waals surface area (Å²) in [7, 11) is 0. The SMILES string of the molecule is CCNC(=NCCCSC)NC1CCN(CC2CCOC2)CC1.I. The fourth-order valence-corrected chi connectivity index (χ4v) is 3.68. The average Bonchev–Trinajstić information content (AvgIpc) is 3.06. The van der Waals surface area contributed by atoms with Crippen molar-refractivity contribution in [2.75, 3.05) is 57.9 Å². The molecule has 0 aromatic carbocycles. The number of thioether (sulfide) groups is 1. The van der Waals surface area contributed by atoms with Gasteiger partial charge in [0.05, 0.1) is 6.61 Å². The highest BCUT2D eigenvalue weighted by Crippen LogP contribution is 2.17. The van der Waals surface area contributed by atoms with Crippen LogP contribution in [-0.4, -0.2) is 74.8 Å². The standard InChI is InChI=1S/C17H34N4OS.HI/c1-3-18-17(19-8-4-12-23-2)20-16-5-9-21(10-6-16)13-15-7-11-22-14-15;/h15-16H,3-14H2,1-2H3,(H2,18,19,20);1H. The maximum atomic E-state index is 5.49. The molecule has 0 aromatic heterocycles.